The minimum Gasteiger partial charge on any atom is -0.329 e. The molecule has 3 heteroatoms. The summed E-state index contributed by atoms with van der Waals surface area (Å²) < 4.78 is 13.9. The highest BCUT2D eigenvalue weighted by Crippen LogP contribution is 2.26. The Bertz CT molecular complexity index is 381. The summed E-state index contributed by atoms with van der Waals surface area (Å²) in [5.41, 5.74) is 6.63. The van der Waals surface area contributed by atoms with Gasteiger partial charge in [0.2, 0.25) is 0 Å². The average molecular weight is 250 g/mol. The van der Waals surface area contributed by atoms with Crippen LogP contribution < -0.4 is 5.73 Å². The van der Waals surface area contributed by atoms with Crippen LogP contribution in [-0.4, -0.2) is 24.5 Å². The monoisotopic (exact) mass is 250 g/mol. The molecule has 0 radical (unpaired) electrons. The van der Waals surface area contributed by atoms with Gasteiger partial charge in [-0.3, -0.25) is 4.90 Å². The van der Waals surface area contributed by atoms with Gasteiger partial charge in [0.15, 0.2) is 0 Å². The summed E-state index contributed by atoms with van der Waals surface area (Å²) in [4.78, 5) is 2.35. The molecule has 100 valence electrons. The third-order valence-electron chi connectivity index (χ3n) is 3.98. The lowest BCUT2D eigenvalue weighted by molar-refractivity contribution is 0.203. The van der Waals surface area contributed by atoms with Crippen LogP contribution in [0, 0.1) is 11.7 Å². The second kappa shape index (κ2) is 6.30. The number of nitrogens with zero attached hydrogens (tertiary/aromatic N) is 1. The molecule has 1 aliphatic rings. The molecule has 2 unspecified atom stereocenters. The zero-order valence-electron chi connectivity index (χ0n) is 11.1. The van der Waals surface area contributed by atoms with Crippen molar-refractivity contribution in [2.75, 3.05) is 19.6 Å². The molecule has 1 aromatic carbocycles. The lowest BCUT2D eigenvalue weighted by Gasteiger charge is -2.30. The first-order valence-electron chi connectivity index (χ1n) is 6.91. The Balaban J connectivity index is 2.15. The number of hydrogen-bond donors (Lipinski definition) is 1. The average Bonchev–Trinajstić information content (AvgIpc) is 2.58. The highest BCUT2D eigenvalue weighted by molar-refractivity contribution is 5.21. The van der Waals surface area contributed by atoms with Gasteiger partial charge in [-0.2, -0.15) is 0 Å². The Kier molecular flexibility index (Phi) is 4.72. The van der Waals surface area contributed by atoms with Crippen molar-refractivity contribution in [2.24, 2.45) is 11.7 Å². The third kappa shape index (κ3) is 3.09. The molecule has 0 aliphatic carbocycles. The predicted octanol–water partition coefficient (Wildman–Crippen LogP) is 2.95. The molecule has 1 saturated heterocycles. The largest absolute Gasteiger partial charge is 0.329 e. The molecular weight excluding hydrogens is 227 g/mol. The van der Waals surface area contributed by atoms with Crippen molar-refractivity contribution in [3.05, 3.63) is 35.6 Å². The van der Waals surface area contributed by atoms with E-state index >= 15 is 0 Å². The van der Waals surface area contributed by atoms with E-state index in [2.05, 4.69) is 11.8 Å². The molecule has 0 aromatic heterocycles. The maximum Gasteiger partial charge on any atom is 0.128 e. The summed E-state index contributed by atoms with van der Waals surface area (Å²) in [6, 6.07) is 7.04. The van der Waals surface area contributed by atoms with Crippen molar-refractivity contribution in [1.29, 1.82) is 0 Å². The van der Waals surface area contributed by atoms with Gasteiger partial charge in [-0.25, -0.2) is 4.39 Å². The van der Waals surface area contributed by atoms with E-state index in [-0.39, 0.29) is 11.9 Å². The van der Waals surface area contributed by atoms with Crippen LogP contribution in [0.15, 0.2) is 24.3 Å². The van der Waals surface area contributed by atoms with E-state index in [1.165, 1.54) is 25.3 Å². The summed E-state index contributed by atoms with van der Waals surface area (Å²) in [7, 11) is 0. The number of halogens is 1. The second-order valence-electron chi connectivity index (χ2n) is 5.35. The van der Waals surface area contributed by atoms with Crippen LogP contribution >= 0.6 is 0 Å². The lowest BCUT2D eigenvalue weighted by Crippen LogP contribution is -2.35. The van der Waals surface area contributed by atoms with Crippen molar-refractivity contribution in [3.63, 3.8) is 0 Å². The fourth-order valence-corrected chi connectivity index (χ4v) is 2.81. The Hall–Kier alpha value is -0.930. The highest BCUT2D eigenvalue weighted by atomic mass is 19.1. The Morgan fingerprint density at radius 1 is 1.33 bits per heavy atom. The van der Waals surface area contributed by atoms with Crippen LogP contribution in [0.5, 0.6) is 0 Å². The molecule has 0 bridgehead atoms. The van der Waals surface area contributed by atoms with Crippen molar-refractivity contribution < 1.29 is 4.39 Å². The molecular formula is C15H23FN2. The molecule has 2 atom stereocenters. The summed E-state index contributed by atoms with van der Waals surface area (Å²) in [6.45, 7) is 4.83. The van der Waals surface area contributed by atoms with Gasteiger partial charge in [-0.1, -0.05) is 25.1 Å². The van der Waals surface area contributed by atoms with Gasteiger partial charge >= 0.3 is 0 Å². The predicted molar refractivity (Wildman–Crippen MR) is 72.8 cm³/mol. The Morgan fingerprint density at radius 2 is 2.11 bits per heavy atom. The normalized spacial score (nSPS) is 23.6. The van der Waals surface area contributed by atoms with E-state index in [9.17, 15) is 4.39 Å². The van der Waals surface area contributed by atoms with Crippen LogP contribution in [0.25, 0.3) is 0 Å². The third-order valence-corrected chi connectivity index (χ3v) is 3.98. The summed E-state index contributed by atoms with van der Waals surface area (Å²) in [5, 5.41) is 0. The van der Waals surface area contributed by atoms with E-state index < -0.39 is 0 Å². The first-order chi connectivity index (χ1) is 8.72. The Morgan fingerprint density at radius 3 is 2.83 bits per heavy atom. The fourth-order valence-electron chi connectivity index (χ4n) is 2.81. The molecule has 1 aliphatic heterocycles. The molecule has 18 heavy (non-hydrogen) atoms. The van der Waals surface area contributed by atoms with Gasteiger partial charge in [0.25, 0.3) is 0 Å². The van der Waals surface area contributed by atoms with Gasteiger partial charge in [-0.15, -0.1) is 0 Å². The van der Waals surface area contributed by atoms with Gasteiger partial charge in [0, 0.05) is 18.2 Å². The summed E-state index contributed by atoms with van der Waals surface area (Å²) >= 11 is 0. The second-order valence-corrected chi connectivity index (χ2v) is 5.35. The summed E-state index contributed by atoms with van der Waals surface area (Å²) in [6.07, 6.45) is 3.64. The van der Waals surface area contributed by atoms with Crippen molar-refractivity contribution in [3.8, 4) is 0 Å². The number of benzene rings is 1. The molecule has 1 fully saturated rings. The van der Waals surface area contributed by atoms with Crippen LogP contribution in [0.1, 0.15) is 37.8 Å². The molecule has 1 aromatic rings. The number of rotatable bonds is 3. The minimum atomic E-state index is -0.134. The quantitative estimate of drug-likeness (QED) is 0.893. The van der Waals surface area contributed by atoms with Gasteiger partial charge in [0.1, 0.15) is 5.82 Å². The lowest BCUT2D eigenvalue weighted by atomic mass is 10.0. The first-order valence-corrected chi connectivity index (χ1v) is 6.91. The molecule has 0 saturated carbocycles. The van der Waals surface area contributed by atoms with Crippen LogP contribution in [0.4, 0.5) is 4.39 Å². The first kappa shape index (κ1) is 13.5. The van der Waals surface area contributed by atoms with E-state index in [1.54, 1.807) is 6.07 Å². The minimum absolute atomic E-state index is 0.0245. The van der Waals surface area contributed by atoms with Gasteiger partial charge in [0.05, 0.1) is 0 Å². The van der Waals surface area contributed by atoms with E-state index in [0.29, 0.717) is 6.54 Å². The number of hydrogen-bond acceptors (Lipinski definition) is 2. The van der Waals surface area contributed by atoms with Crippen LogP contribution in [0.3, 0.4) is 0 Å². The van der Waals surface area contributed by atoms with Gasteiger partial charge < -0.3 is 5.73 Å². The number of nitrogens with two attached hydrogens (primary N) is 1. The van der Waals surface area contributed by atoms with E-state index in [0.717, 1.165) is 24.6 Å². The highest BCUT2D eigenvalue weighted by Gasteiger charge is 2.23. The Labute approximate surface area is 109 Å². The molecule has 2 nitrogen and oxygen atoms in total. The molecule has 1 heterocycles. The zero-order chi connectivity index (χ0) is 13.0. The topological polar surface area (TPSA) is 29.3 Å². The molecule has 2 rings (SSSR count). The standard InChI is InChI=1S/C15H23FN2/c1-12-5-4-9-18(10-8-12)15(11-17)13-6-2-3-7-14(13)16/h2-3,6-7,12,15H,4-5,8-11,17H2,1H3. The molecule has 0 spiro atoms. The molecule has 0 amide bonds. The zero-order valence-corrected chi connectivity index (χ0v) is 11.1. The van der Waals surface area contributed by atoms with E-state index in [1.807, 2.05) is 12.1 Å². The van der Waals surface area contributed by atoms with Crippen molar-refractivity contribution in [2.45, 2.75) is 32.2 Å². The maximum absolute atomic E-state index is 13.9. The smallest absolute Gasteiger partial charge is 0.128 e. The number of likely N-dealkylation sites (tertiary alicyclic amines) is 1. The maximum atomic E-state index is 13.9. The van der Waals surface area contributed by atoms with Gasteiger partial charge in [-0.05, 0) is 44.3 Å². The van der Waals surface area contributed by atoms with Crippen molar-refractivity contribution >= 4 is 0 Å². The van der Waals surface area contributed by atoms with Crippen molar-refractivity contribution in [1.82, 2.24) is 4.90 Å². The van der Waals surface area contributed by atoms with Crippen LogP contribution in [0.2, 0.25) is 0 Å². The van der Waals surface area contributed by atoms with Crippen LogP contribution in [-0.2, 0) is 0 Å². The fraction of sp³-hybridized carbons (Fsp3) is 0.600. The van der Waals surface area contributed by atoms with E-state index in [4.69, 9.17) is 5.73 Å². The molecule has 2 N–H and O–H groups in total. The SMILES string of the molecule is CC1CCCN(C(CN)c2ccccc2F)CC1. The summed E-state index contributed by atoms with van der Waals surface area (Å²) in [5.74, 6) is 0.638.